The summed E-state index contributed by atoms with van der Waals surface area (Å²) < 4.78 is 19.0. The lowest BCUT2D eigenvalue weighted by Crippen LogP contribution is -2.50. The van der Waals surface area contributed by atoms with Gasteiger partial charge in [-0.3, -0.25) is 9.59 Å². The Balaban J connectivity index is 2.10. The number of rotatable bonds is 9. The summed E-state index contributed by atoms with van der Waals surface area (Å²) in [7, 11) is 1.54. The largest absolute Gasteiger partial charge is 0.481 e. The minimum atomic E-state index is -0.601. The van der Waals surface area contributed by atoms with Crippen molar-refractivity contribution >= 4 is 11.8 Å². The zero-order valence-corrected chi connectivity index (χ0v) is 15.7. The molecule has 2 aromatic rings. The third-order valence-electron chi connectivity index (χ3n) is 4.30. The molecule has 0 unspecified atom stereocenters. The molecule has 0 saturated carbocycles. The Morgan fingerprint density at radius 1 is 1.11 bits per heavy atom. The van der Waals surface area contributed by atoms with Gasteiger partial charge in [0.15, 0.2) is 18.2 Å². The Morgan fingerprint density at radius 3 is 2.41 bits per heavy atom. The lowest BCUT2D eigenvalue weighted by molar-refractivity contribution is -0.142. The number of carbonyl (C=O) groups is 2. The zero-order valence-electron chi connectivity index (χ0n) is 15.7. The average Bonchev–Trinajstić information content (AvgIpc) is 2.70. The molecule has 1 atom stereocenters. The number of amides is 2. The van der Waals surface area contributed by atoms with Gasteiger partial charge in [0, 0.05) is 13.6 Å². The number of hydrogen-bond donors (Lipinski definition) is 1. The first-order valence-electron chi connectivity index (χ1n) is 8.99. The highest BCUT2D eigenvalue weighted by Gasteiger charge is 2.28. The molecule has 0 spiro atoms. The molecule has 27 heavy (non-hydrogen) atoms. The number of hydrogen-bond acceptors (Lipinski definition) is 3. The smallest absolute Gasteiger partial charge is 0.261 e. The second-order valence-corrected chi connectivity index (χ2v) is 6.08. The van der Waals surface area contributed by atoms with Crippen molar-refractivity contribution in [1.29, 1.82) is 0 Å². The molecular formula is C21H25FN2O3. The van der Waals surface area contributed by atoms with Crippen LogP contribution in [0.3, 0.4) is 0 Å². The van der Waals surface area contributed by atoms with Gasteiger partial charge in [-0.25, -0.2) is 4.39 Å². The van der Waals surface area contributed by atoms with Crippen LogP contribution in [0.2, 0.25) is 0 Å². The fraction of sp³-hybridized carbons (Fsp3) is 0.333. The maximum atomic E-state index is 13.7. The first-order chi connectivity index (χ1) is 13.1. The van der Waals surface area contributed by atoms with Crippen LogP contribution in [-0.2, 0) is 16.0 Å². The van der Waals surface area contributed by atoms with E-state index >= 15 is 0 Å². The van der Waals surface area contributed by atoms with Crippen LogP contribution >= 0.6 is 0 Å². The van der Waals surface area contributed by atoms with Gasteiger partial charge in [0.25, 0.3) is 5.91 Å². The van der Waals surface area contributed by atoms with Crippen LogP contribution in [0.4, 0.5) is 4.39 Å². The van der Waals surface area contributed by atoms with E-state index in [-0.39, 0.29) is 24.2 Å². The number of halogens is 1. The minimum absolute atomic E-state index is 0.0156. The number of carbonyl (C=O) groups excluding carboxylic acids is 2. The quantitative estimate of drug-likeness (QED) is 0.736. The Morgan fingerprint density at radius 2 is 1.78 bits per heavy atom. The van der Waals surface area contributed by atoms with Crippen LogP contribution in [0.25, 0.3) is 0 Å². The van der Waals surface area contributed by atoms with Gasteiger partial charge in [-0.2, -0.15) is 0 Å². The predicted molar refractivity (Wildman–Crippen MR) is 102 cm³/mol. The van der Waals surface area contributed by atoms with E-state index in [1.54, 1.807) is 19.2 Å². The molecule has 0 aliphatic carbocycles. The van der Waals surface area contributed by atoms with E-state index in [0.717, 1.165) is 5.56 Å². The molecule has 2 amide bonds. The van der Waals surface area contributed by atoms with Crippen LogP contribution in [0.15, 0.2) is 54.6 Å². The third kappa shape index (κ3) is 5.81. The van der Waals surface area contributed by atoms with Gasteiger partial charge in [0.05, 0.1) is 0 Å². The maximum Gasteiger partial charge on any atom is 0.261 e. The summed E-state index contributed by atoms with van der Waals surface area (Å²) in [5.74, 6) is -1.10. The Hall–Kier alpha value is -2.89. The van der Waals surface area contributed by atoms with Crippen molar-refractivity contribution in [1.82, 2.24) is 10.2 Å². The number of para-hydroxylation sites is 1. The summed E-state index contributed by atoms with van der Waals surface area (Å²) >= 11 is 0. The summed E-state index contributed by atoms with van der Waals surface area (Å²) in [5.41, 5.74) is 1.07. The van der Waals surface area contributed by atoms with Gasteiger partial charge in [0.2, 0.25) is 5.91 Å². The van der Waals surface area contributed by atoms with Crippen molar-refractivity contribution in [2.75, 3.05) is 20.2 Å². The van der Waals surface area contributed by atoms with Crippen molar-refractivity contribution in [3.63, 3.8) is 0 Å². The molecule has 0 fully saturated rings. The Labute approximate surface area is 159 Å². The zero-order chi connectivity index (χ0) is 19.6. The molecule has 0 aliphatic heterocycles. The number of likely N-dealkylation sites (N-methyl/N-ethyl adjacent to an activating group) is 1. The highest BCUT2D eigenvalue weighted by Crippen LogP contribution is 2.16. The van der Waals surface area contributed by atoms with Gasteiger partial charge in [0.1, 0.15) is 6.04 Å². The fourth-order valence-corrected chi connectivity index (χ4v) is 2.85. The van der Waals surface area contributed by atoms with Crippen molar-refractivity contribution in [3.05, 3.63) is 66.0 Å². The SMILES string of the molecule is CC[C@@H](C(=O)NC)N(CCc1ccccc1)C(=O)COc1ccccc1F. The number of nitrogens with one attached hydrogen (secondary N) is 1. The van der Waals surface area contributed by atoms with Crippen LogP contribution < -0.4 is 10.1 Å². The molecule has 0 bridgehead atoms. The van der Waals surface area contributed by atoms with E-state index in [2.05, 4.69) is 5.32 Å². The number of ether oxygens (including phenoxy) is 1. The number of nitrogens with zero attached hydrogens (tertiary/aromatic N) is 1. The van der Waals surface area contributed by atoms with Crippen molar-refractivity contribution < 1.29 is 18.7 Å². The van der Waals surface area contributed by atoms with Crippen molar-refractivity contribution in [3.8, 4) is 5.75 Å². The Kier molecular flexibility index (Phi) is 7.79. The summed E-state index contributed by atoms with van der Waals surface area (Å²) in [6, 6.07) is 15.0. The normalized spacial score (nSPS) is 11.5. The molecule has 0 saturated heterocycles. The van der Waals surface area contributed by atoms with E-state index in [9.17, 15) is 14.0 Å². The average molecular weight is 372 g/mol. The molecule has 0 heterocycles. The maximum absolute atomic E-state index is 13.7. The molecule has 2 rings (SSSR count). The van der Waals surface area contributed by atoms with Gasteiger partial charge >= 0.3 is 0 Å². The molecule has 6 heteroatoms. The lowest BCUT2D eigenvalue weighted by Gasteiger charge is -2.30. The van der Waals surface area contributed by atoms with E-state index in [0.29, 0.717) is 19.4 Å². The molecule has 1 N–H and O–H groups in total. The summed E-state index contributed by atoms with van der Waals surface area (Å²) in [5, 5.41) is 2.60. The molecular weight excluding hydrogens is 347 g/mol. The van der Waals surface area contributed by atoms with Crippen molar-refractivity contribution in [2.45, 2.75) is 25.8 Å². The molecule has 0 aromatic heterocycles. The third-order valence-corrected chi connectivity index (χ3v) is 4.30. The fourth-order valence-electron chi connectivity index (χ4n) is 2.85. The van der Waals surface area contributed by atoms with E-state index in [4.69, 9.17) is 4.74 Å². The second-order valence-electron chi connectivity index (χ2n) is 6.08. The predicted octanol–water partition coefficient (Wildman–Crippen LogP) is 2.80. The van der Waals surface area contributed by atoms with Crippen LogP contribution in [0, 0.1) is 5.82 Å². The number of benzene rings is 2. The van der Waals surface area contributed by atoms with Crippen molar-refractivity contribution in [2.24, 2.45) is 0 Å². The van der Waals surface area contributed by atoms with Crippen LogP contribution in [0.1, 0.15) is 18.9 Å². The Bertz CT molecular complexity index is 752. The summed E-state index contributed by atoms with van der Waals surface area (Å²) in [6.07, 6.45) is 1.08. The summed E-state index contributed by atoms with van der Waals surface area (Å²) in [6.45, 7) is 1.89. The summed E-state index contributed by atoms with van der Waals surface area (Å²) in [4.78, 5) is 26.5. The van der Waals surface area contributed by atoms with Gasteiger partial charge in [-0.05, 0) is 30.5 Å². The van der Waals surface area contributed by atoms with E-state index < -0.39 is 11.9 Å². The van der Waals surface area contributed by atoms with Crippen LogP contribution in [-0.4, -0.2) is 43.0 Å². The minimum Gasteiger partial charge on any atom is -0.481 e. The van der Waals surface area contributed by atoms with E-state index in [1.807, 2.05) is 37.3 Å². The van der Waals surface area contributed by atoms with Gasteiger partial charge < -0.3 is 15.0 Å². The first kappa shape index (κ1) is 20.4. The molecule has 144 valence electrons. The molecule has 2 aromatic carbocycles. The topological polar surface area (TPSA) is 58.6 Å². The lowest BCUT2D eigenvalue weighted by atomic mass is 10.1. The molecule has 0 aliphatic rings. The second kappa shape index (κ2) is 10.3. The van der Waals surface area contributed by atoms with Crippen LogP contribution in [0.5, 0.6) is 5.75 Å². The standard InChI is InChI=1S/C21H25FN2O3/c1-3-18(21(26)23-2)24(14-13-16-9-5-4-6-10-16)20(25)15-27-19-12-8-7-11-17(19)22/h4-12,18H,3,13-15H2,1-2H3,(H,23,26)/t18-/m0/s1. The molecule has 5 nitrogen and oxygen atoms in total. The first-order valence-corrected chi connectivity index (χ1v) is 8.99. The van der Waals surface area contributed by atoms with Gasteiger partial charge in [-0.1, -0.05) is 49.4 Å². The molecule has 0 radical (unpaired) electrons. The van der Waals surface area contributed by atoms with E-state index in [1.165, 1.54) is 17.0 Å². The monoisotopic (exact) mass is 372 g/mol. The highest BCUT2D eigenvalue weighted by atomic mass is 19.1. The highest BCUT2D eigenvalue weighted by molar-refractivity contribution is 5.88. The van der Waals surface area contributed by atoms with Gasteiger partial charge in [-0.15, -0.1) is 0 Å².